The van der Waals surface area contributed by atoms with Crippen LogP contribution in [-0.2, 0) is 4.79 Å². The third-order valence-corrected chi connectivity index (χ3v) is 6.25. The lowest BCUT2D eigenvalue weighted by Crippen LogP contribution is -2.16. The Balaban J connectivity index is 1.92. The summed E-state index contributed by atoms with van der Waals surface area (Å²) >= 11 is 2.39. The van der Waals surface area contributed by atoms with Crippen LogP contribution in [0.5, 0.6) is 5.75 Å². The summed E-state index contributed by atoms with van der Waals surface area (Å²) in [5.41, 5.74) is 0.386. The summed E-state index contributed by atoms with van der Waals surface area (Å²) in [6.45, 7) is 0. The number of methoxy groups -OCH3 is 1. The highest BCUT2D eigenvalue weighted by atomic mass is 32.2. The molecule has 140 valence electrons. The number of carbonyl (C=O) groups is 1. The molecule has 1 aliphatic heterocycles. The summed E-state index contributed by atoms with van der Waals surface area (Å²) < 4.78 is 12.5. The van der Waals surface area contributed by atoms with E-state index in [0.29, 0.717) is 31.6 Å². The van der Waals surface area contributed by atoms with Crippen LogP contribution in [0.25, 0.3) is 26.5 Å². The number of aromatic nitrogens is 3. The number of thiazole rings is 1. The predicted molar refractivity (Wildman–Crippen MR) is 106 cm³/mol. The molecule has 1 N–H and O–H groups in total. The molecule has 0 saturated carbocycles. The van der Waals surface area contributed by atoms with Gasteiger partial charge in [0.1, 0.15) is 21.1 Å². The first-order valence-electron chi connectivity index (χ1n) is 8.02. The smallest absolute Gasteiger partial charge is 0.351 e. The minimum atomic E-state index is -0.674. The van der Waals surface area contributed by atoms with Gasteiger partial charge in [-0.3, -0.25) is 4.79 Å². The average molecular weight is 414 g/mol. The van der Waals surface area contributed by atoms with E-state index in [1.165, 1.54) is 27.5 Å². The number of aliphatic imine (C=N–C) groups is 1. The second kappa shape index (κ2) is 6.17. The second-order valence-corrected chi connectivity index (χ2v) is 7.79. The largest absolute Gasteiger partial charge is 0.497 e. The molecule has 3 aromatic heterocycles. The molecule has 4 aromatic rings. The van der Waals surface area contributed by atoms with Gasteiger partial charge >= 0.3 is 11.3 Å². The summed E-state index contributed by atoms with van der Waals surface area (Å²) in [6.07, 6.45) is 0. The zero-order chi connectivity index (χ0) is 19.4. The van der Waals surface area contributed by atoms with E-state index in [1.807, 2.05) is 0 Å². The first-order valence-corrected chi connectivity index (χ1v) is 9.83. The zero-order valence-corrected chi connectivity index (χ0v) is 15.8. The Bertz CT molecular complexity index is 1410. The number of ether oxygens (including phenoxy) is 1. The highest BCUT2D eigenvalue weighted by Gasteiger charge is 2.28. The normalized spacial score (nSPS) is 14.2. The van der Waals surface area contributed by atoms with Crippen molar-refractivity contribution in [2.75, 3.05) is 12.9 Å². The van der Waals surface area contributed by atoms with E-state index in [9.17, 15) is 14.4 Å². The minimum Gasteiger partial charge on any atom is -0.497 e. The van der Waals surface area contributed by atoms with Crippen molar-refractivity contribution in [2.45, 2.75) is 0 Å². The molecule has 11 heteroatoms. The summed E-state index contributed by atoms with van der Waals surface area (Å²) in [6, 6.07) is 7.12. The topological polar surface area (TPSA) is 119 Å². The van der Waals surface area contributed by atoms with E-state index in [2.05, 4.69) is 15.2 Å². The van der Waals surface area contributed by atoms with Gasteiger partial charge in [0, 0.05) is 5.56 Å². The Morgan fingerprint density at radius 3 is 2.64 bits per heavy atom. The monoisotopic (exact) mass is 414 g/mol. The van der Waals surface area contributed by atoms with Crippen molar-refractivity contribution in [3.05, 3.63) is 50.7 Å². The van der Waals surface area contributed by atoms with Gasteiger partial charge in [-0.15, -0.1) is 5.10 Å². The zero-order valence-electron chi connectivity index (χ0n) is 14.2. The molecule has 0 radical (unpaired) electrons. The molecule has 9 nitrogen and oxygen atoms in total. The van der Waals surface area contributed by atoms with Crippen molar-refractivity contribution < 1.29 is 13.9 Å². The molecule has 1 aromatic carbocycles. The van der Waals surface area contributed by atoms with Gasteiger partial charge in [0.15, 0.2) is 0 Å². The molecule has 1 aliphatic rings. The first-order chi connectivity index (χ1) is 13.6. The summed E-state index contributed by atoms with van der Waals surface area (Å²) in [7, 11) is 1.56. The van der Waals surface area contributed by atoms with Gasteiger partial charge in [-0.05, 0) is 17.7 Å². The Morgan fingerprint density at radius 1 is 1.18 bits per heavy atom. The minimum absolute atomic E-state index is 0.105. The third kappa shape index (κ3) is 2.43. The van der Waals surface area contributed by atoms with Crippen molar-refractivity contribution in [3.8, 4) is 16.9 Å². The highest BCUT2D eigenvalue weighted by molar-refractivity contribution is 8.15. The number of fused-ring (bicyclic) bond motifs is 3. The maximum Gasteiger partial charge on any atom is 0.351 e. The lowest BCUT2D eigenvalue weighted by atomic mass is 10.0. The number of H-pyrrole nitrogens is 1. The molecule has 0 spiro atoms. The molecule has 0 bridgehead atoms. The van der Waals surface area contributed by atoms with Gasteiger partial charge in [0.25, 0.3) is 5.91 Å². The molecule has 0 unspecified atom stereocenters. The number of carbonyl (C=O) groups excluding carboxylic acids is 1. The number of nitrogens with zero attached hydrogens (tertiary/aromatic N) is 3. The molecular weight excluding hydrogens is 404 g/mol. The molecular formula is C17H10N4O5S2. The Labute approximate surface area is 163 Å². The van der Waals surface area contributed by atoms with E-state index in [-0.39, 0.29) is 22.9 Å². The van der Waals surface area contributed by atoms with Crippen LogP contribution >= 0.6 is 23.1 Å². The molecule has 0 aliphatic carbocycles. The van der Waals surface area contributed by atoms with Crippen molar-refractivity contribution in [2.24, 2.45) is 4.99 Å². The fourth-order valence-corrected chi connectivity index (χ4v) is 4.93. The van der Waals surface area contributed by atoms with Gasteiger partial charge in [0.05, 0.1) is 12.9 Å². The van der Waals surface area contributed by atoms with Crippen molar-refractivity contribution >= 4 is 49.4 Å². The van der Waals surface area contributed by atoms with Crippen LogP contribution in [0.15, 0.2) is 43.3 Å². The van der Waals surface area contributed by atoms with Gasteiger partial charge in [-0.1, -0.05) is 35.2 Å². The van der Waals surface area contributed by atoms with E-state index >= 15 is 0 Å². The van der Waals surface area contributed by atoms with E-state index in [4.69, 9.17) is 9.15 Å². The average Bonchev–Trinajstić information content (AvgIpc) is 3.38. The molecule has 5 rings (SSSR count). The van der Waals surface area contributed by atoms with Crippen LogP contribution in [0.3, 0.4) is 0 Å². The van der Waals surface area contributed by atoms with Gasteiger partial charge in [-0.2, -0.15) is 0 Å². The number of hydrogen-bond acceptors (Lipinski definition) is 8. The standard InChI is InChI=1S/C17H10N4O5S2/c1-25-8-4-2-7(3-5-8)10-11(13-18-9(22)6-27-13)15(23)26-14-12(10)28-17-20-19-16(24)21(14)17/h2-5H,6H2,1H3,(H,19,24). The van der Waals surface area contributed by atoms with Crippen LogP contribution in [0.1, 0.15) is 5.56 Å². The number of hydrogen-bond donors (Lipinski definition) is 1. The van der Waals surface area contributed by atoms with Gasteiger partial charge in [0.2, 0.25) is 10.7 Å². The van der Waals surface area contributed by atoms with E-state index < -0.39 is 11.3 Å². The number of rotatable bonds is 3. The lowest BCUT2D eigenvalue weighted by Gasteiger charge is -2.09. The Morgan fingerprint density at radius 2 is 1.96 bits per heavy atom. The van der Waals surface area contributed by atoms with Crippen molar-refractivity contribution in [3.63, 3.8) is 0 Å². The Kier molecular flexibility index (Phi) is 3.74. The van der Waals surface area contributed by atoms with Crippen LogP contribution in [-0.4, -0.2) is 38.4 Å². The summed E-state index contributed by atoms with van der Waals surface area (Å²) in [5.74, 6) is 0.518. The lowest BCUT2D eigenvalue weighted by molar-refractivity contribution is -0.115. The van der Waals surface area contributed by atoms with Gasteiger partial charge in [-0.25, -0.2) is 24.1 Å². The first kappa shape index (κ1) is 17.0. The van der Waals surface area contributed by atoms with Crippen LogP contribution in [0.4, 0.5) is 0 Å². The summed E-state index contributed by atoms with van der Waals surface area (Å²) in [4.78, 5) is 41.0. The fourth-order valence-electron chi connectivity index (χ4n) is 3.03. The van der Waals surface area contributed by atoms with Crippen LogP contribution in [0, 0.1) is 0 Å². The quantitative estimate of drug-likeness (QED) is 0.544. The molecule has 1 amide bonds. The van der Waals surface area contributed by atoms with Crippen LogP contribution in [0.2, 0.25) is 0 Å². The highest BCUT2D eigenvalue weighted by Crippen LogP contribution is 2.38. The number of benzene rings is 1. The van der Waals surface area contributed by atoms with Crippen LogP contribution < -0.4 is 16.1 Å². The predicted octanol–water partition coefficient (Wildman–Crippen LogP) is 1.89. The number of thioether (sulfide) groups is 1. The van der Waals surface area contributed by atoms with E-state index in [1.54, 1.807) is 31.4 Å². The Hall–Kier alpha value is -3.18. The van der Waals surface area contributed by atoms with Crippen molar-refractivity contribution in [1.29, 1.82) is 0 Å². The van der Waals surface area contributed by atoms with Crippen molar-refractivity contribution in [1.82, 2.24) is 14.6 Å². The molecule has 0 atom stereocenters. The maximum absolute atomic E-state index is 12.9. The maximum atomic E-state index is 12.9. The molecule has 0 fully saturated rings. The second-order valence-electron chi connectivity index (χ2n) is 5.85. The van der Waals surface area contributed by atoms with Gasteiger partial charge < -0.3 is 9.15 Å². The molecule has 0 saturated heterocycles. The van der Waals surface area contributed by atoms with E-state index in [0.717, 1.165) is 0 Å². The SMILES string of the molecule is COc1ccc(-c2c(C3=NC(=O)CS3)c(=O)oc3c2sc2n[nH]c(=O)n23)cc1. The fraction of sp³-hybridized carbons (Fsp3) is 0.118. The number of amides is 1. The third-order valence-electron chi connectivity index (χ3n) is 4.25. The number of aromatic amines is 1. The molecule has 28 heavy (non-hydrogen) atoms. The summed E-state index contributed by atoms with van der Waals surface area (Å²) in [5, 5.41) is 6.61. The molecule has 4 heterocycles. The number of nitrogens with one attached hydrogen (secondary N) is 1.